The van der Waals surface area contributed by atoms with E-state index in [1.807, 2.05) is 30.3 Å². The number of nitrogens with zero attached hydrogens (tertiary/aromatic N) is 1. The van der Waals surface area contributed by atoms with Crippen LogP contribution in [0.25, 0.3) is 0 Å². The minimum atomic E-state index is -0.395. The van der Waals surface area contributed by atoms with Gasteiger partial charge >= 0.3 is 5.97 Å². The van der Waals surface area contributed by atoms with Gasteiger partial charge in [-0.3, -0.25) is 0 Å². The van der Waals surface area contributed by atoms with E-state index in [-0.39, 0.29) is 19.4 Å². The van der Waals surface area contributed by atoms with E-state index in [2.05, 4.69) is 16.3 Å². The van der Waals surface area contributed by atoms with Crippen LogP contribution in [0.1, 0.15) is 21.9 Å². The number of carbonyl (C=O) groups excluding carboxylic acids is 1. The molecule has 4 aliphatic rings. The van der Waals surface area contributed by atoms with Crippen LogP contribution in [0.4, 0.5) is 5.69 Å². The Bertz CT molecular complexity index is 1380. The molecule has 4 aliphatic heterocycles. The lowest BCUT2D eigenvalue weighted by atomic mass is 9.80. The summed E-state index contributed by atoms with van der Waals surface area (Å²) in [6.07, 6.45) is 0. The molecule has 35 heavy (non-hydrogen) atoms. The van der Waals surface area contributed by atoms with E-state index in [1.54, 1.807) is 18.4 Å². The number of thiophene rings is 1. The third kappa shape index (κ3) is 3.15. The van der Waals surface area contributed by atoms with Crippen LogP contribution in [0.15, 0.2) is 53.0 Å². The Balaban J connectivity index is 1.46. The number of methoxy groups -OCH3 is 1. The van der Waals surface area contributed by atoms with Gasteiger partial charge in [-0.05, 0) is 40.8 Å². The molecule has 0 amide bonds. The molecule has 5 heterocycles. The average Bonchev–Trinajstić information content (AvgIpc) is 3.64. The third-order valence-electron chi connectivity index (χ3n) is 6.69. The fourth-order valence-corrected chi connectivity index (χ4v) is 5.87. The molecule has 0 bridgehead atoms. The number of esters is 1. The first kappa shape index (κ1) is 20.5. The Morgan fingerprint density at radius 1 is 1.03 bits per heavy atom. The molecular weight excluding hydrogens is 470 g/mol. The van der Waals surface area contributed by atoms with Crippen molar-refractivity contribution in [1.29, 1.82) is 0 Å². The van der Waals surface area contributed by atoms with Gasteiger partial charge in [-0.2, -0.15) is 0 Å². The molecule has 1 atom stereocenters. The molecule has 7 rings (SSSR count). The minimum absolute atomic E-state index is 0.125. The maximum atomic E-state index is 13.2. The van der Waals surface area contributed by atoms with Gasteiger partial charge in [0.2, 0.25) is 12.5 Å². The van der Waals surface area contributed by atoms with Crippen molar-refractivity contribution < 1.29 is 33.2 Å². The summed E-state index contributed by atoms with van der Waals surface area (Å²) in [4.78, 5) is 16.5. The smallest absolute Gasteiger partial charge is 0.337 e. The molecule has 0 saturated carbocycles. The first-order valence-electron chi connectivity index (χ1n) is 11.3. The third-order valence-corrected chi connectivity index (χ3v) is 7.55. The Hall–Kier alpha value is -3.85. The highest BCUT2D eigenvalue weighted by Crippen LogP contribution is 2.53. The number of ether oxygens (including phenoxy) is 6. The highest BCUT2D eigenvalue weighted by atomic mass is 32.1. The van der Waals surface area contributed by atoms with E-state index >= 15 is 0 Å². The summed E-state index contributed by atoms with van der Waals surface area (Å²) in [5.41, 5.74) is 4.22. The predicted octanol–water partition coefficient (Wildman–Crippen LogP) is 4.22. The second-order valence-electron chi connectivity index (χ2n) is 8.55. The molecule has 1 aromatic heterocycles. The van der Waals surface area contributed by atoms with Crippen molar-refractivity contribution in [3.8, 4) is 28.7 Å². The van der Waals surface area contributed by atoms with E-state index in [0.717, 1.165) is 22.5 Å². The van der Waals surface area contributed by atoms with E-state index in [9.17, 15) is 4.79 Å². The lowest BCUT2D eigenvalue weighted by Crippen LogP contribution is -2.31. The Morgan fingerprint density at radius 3 is 2.69 bits per heavy atom. The number of hydrogen-bond donors (Lipinski definition) is 0. The van der Waals surface area contributed by atoms with Crippen LogP contribution in [-0.2, 0) is 16.1 Å². The number of carbonyl (C=O) groups is 1. The minimum Gasteiger partial charge on any atom is -0.493 e. The topological polar surface area (TPSA) is 75.7 Å². The number of rotatable bonds is 4. The van der Waals surface area contributed by atoms with Crippen LogP contribution >= 0.6 is 11.3 Å². The van der Waals surface area contributed by atoms with Crippen molar-refractivity contribution >= 4 is 23.0 Å². The van der Waals surface area contributed by atoms with Crippen LogP contribution in [0.5, 0.6) is 28.7 Å². The number of anilines is 1. The van der Waals surface area contributed by atoms with Gasteiger partial charge in [0.25, 0.3) is 0 Å². The molecule has 0 spiro atoms. The van der Waals surface area contributed by atoms with Crippen molar-refractivity contribution in [1.82, 2.24) is 0 Å². The van der Waals surface area contributed by atoms with Gasteiger partial charge in [0.05, 0.1) is 24.9 Å². The van der Waals surface area contributed by atoms with Gasteiger partial charge in [-0.15, -0.1) is 11.3 Å². The number of hydrogen-bond acceptors (Lipinski definition) is 9. The molecule has 3 aromatic rings. The zero-order chi connectivity index (χ0) is 23.5. The highest BCUT2D eigenvalue weighted by Gasteiger charge is 2.43. The molecule has 9 heteroatoms. The Kier molecular flexibility index (Phi) is 4.60. The van der Waals surface area contributed by atoms with Gasteiger partial charge in [-0.1, -0.05) is 6.07 Å². The summed E-state index contributed by atoms with van der Waals surface area (Å²) in [5.74, 6) is 2.36. The van der Waals surface area contributed by atoms with Crippen molar-refractivity contribution in [2.24, 2.45) is 0 Å². The zero-order valence-electron chi connectivity index (χ0n) is 18.9. The maximum Gasteiger partial charge on any atom is 0.337 e. The van der Waals surface area contributed by atoms with E-state index < -0.39 is 5.92 Å². The van der Waals surface area contributed by atoms with Crippen molar-refractivity contribution in [3.05, 3.63) is 69.1 Å². The molecule has 178 valence electrons. The monoisotopic (exact) mass is 491 g/mol. The van der Waals surface area contributed by atoms with E-state index in [0.29, 0.717) is 54.1 Å². The molecule has 0 radical (unpaired) electrons. The second kappa shape index (κ2) is 7.84. The first-order chi connectivity index (χ1) is 17.2. The number of fused-ring (bicyclic) bond motifs is 3. The van der Waals surface area contributed by atoms with Crippen LogP contribution < -0.4 is 28.6 Å². The summed E-state index contributed by atoms with van der Waals surface area (Å²) in [6.45, 7) is 1.93. The molecule has 0 N–H and O–H groups in total. The Labute approximate surface area is 205 Å². The molecule has 0 fully saturated rings. The molecule has 1 unspecified atom stereocenters. The van der Waals surface area contributed by atoms with Crippen LogP contribution in [0, 0.1) is 0 Å². The van der Waals surface area contributed by atoms with Crippen molar-refractivity contribution in [3.63, 3.8) is 0 Å². The second-order valence-corrected chi connectivity index (χ2v) is 9.58. The summed E-state index contributed by atoms with van der Waals surface area (Å²) < 4.78 is 34.4. The standard InChI is InChI=1S/C26H21NO7S/c1-29-21-7-14(8-22-25(21)34-13-33-22)23-16-9-19-20(31-5-4-30-19)10-17(16)27(11-15-3-2-6-35-15)18-12-32-26(28)24(18)23/h2-3,6-10,23H,4-5,11-13H2,1H3. The fraction of sp³-hybridized carbons (Fsp3) is 0.269. The van der Waals surface area contributed by atoms with Gasteiger partial charge in [0.15, 0.2) is 23.0 Å². The number of benzene rings is 2. The SMILES string of the molecule is COc1cc(C2C3=C(COC3=O)N(Cc3cccs3)c3cc4c(cc32)OCCO4)cc2c1OCO2. The molecular formula is C26H21NO7S. The van der Waals surface area contributed by atoms with Gasteiger partial charge in [0.1, 0.15) is 19.8 Å². The lowest BCUT2D eigenvalue weighted by molar-refractivity contribution is -0.136. The zero-order valence-corrected chi connectivity index (χ0v) is 19.7. The molecule has 0 aliphatic carbocycles. The fourth-order valence-electron chi connectivity index (χ4n) is 5.18. The van der Waals surface area contributed by atoms with Gasteiger partial charge in [-0.25, -0.2) is 4.79 Å². The summed E-state index contributed by atoms with van der Waals surface area (Å²) in [6, 6.07) is 12.0. The highest BCUT2D eigenvalue weighted by molar-refractivity contribution is 7.09. The van der Waals surface area contributed by atoms with Gasteiger partial charge in [0, 0.05) is 22.5 Å². The predicted molar refractivity (Wildman–Crippen MR) is 127 cm³/mol. The molecule has 2 aromatic carbocycles. The largest absolute Gasteiger partial charge is 0.493 e. The Morgan fingerprint density at radius 2 is 1.89 bits per heavy atom. The van der Waals surface area contributed by atoms with Crippen molar-refractivity contribution in [2.75, 3.05) is 38.6 Å². The normalized spacial score (nSPS) is 19.4. The van der Waals surface area contributed by atoms with Gasteiger partial charge < -0.3 is 33.3 Å². The molecule has 0 saturated heterocycles. The van der Waals surface area contributed by atoms with Crippen LogP contribution in [-0.4, -0.2) is 39.7 Å². The number of cyclic esters (lactones) is 1. The summed E-state index contributed by atoms with van der Waals surface area (Å²) >= 11 is 1.68. The first-order valence-corrected chi connectivity index (χ1v) is 12.2. The maximum absolute atomic E-state index is 13.2. The van der Waals surface area contributed by atoms with Crippen LogP contribution in [0.2, 0.25) is 0 Å². The summed E-state index contributed by atoms with van der Waals surface area (Å²) in [7, 11) is 1.59. The van der Waals surface area contributed by atoms with Crippen molar-refractivity contribution in [2.45, 2.75) is 12.5 Å². The van der Waals surface area contributed by atoms with Crippen LogP contribution in [0.3, 0.4) is 0 Å². The lowest BCUT2D eigenvalue weighted by Gasteiger charge is -2.36. The van der Waals surface area contributed by atoms with E-state index in [4.69, 9.17) is 28.4 Å². The average molecular weight is 492 g/mol. The quantitative estimate of drug-likeness (QED) is 0.503. The van der Waals surface area contributed by atoms with E-state index in [1.165, 1.54) is 4.88 Å². The summed E-state index contributed by atoms with van der Waals surface area (Å²) in [5, 5.41) is 2.05. The molecule has 8 nitrogen and oxygen atoms in total.